The molecule has 0 saturated heterocycles. The summed E-state index contributed by atoms with van der Waals surface area (Å²) >= 11 is 1.08. The maximum absolute atomic E-state index is 12.2. The minimum atomic E-state index is -0.192. The fourth-order valence-corrected chi connectivity index (χ4v) is 2.01. The molecule has 8 nitrogen and oxygen atoms in total. The quantitative estimate of drug-likeness (QED) is 0.618. The van der Waals surface area contributed by atoms with Gasteiger partial charge in [0.1, 0.15) is 4.88 Å². The van der Waals surface area contributed by atoms with Crippen molar-refractivity contribution in [2.24, 2.45) is 5.10 Å². The third-order valence-electron chi connectivity index (χ3n) is 2.40. The van der Waals surface area contributed by atoms with Crippen molar-refractivity contribution in [2.75, 3.05) is 6.54 Å². The van der Waals surface area contributed by atoms with Crippen molar-refractivity contribution in [3.8, 4) is 0 Å². The first kappa shape index (κ1) is 17.3. The summed E-state index contributed by atoms with van der Waals surface area (Å²) in [5.74, 6) is -0.192. The summed E-state index contributed by atoms with van der Waals surface area (Å²) in [5.41, 5.74) is 1.33. The second-order valence-electron chi connectivity index (χ2n) is 3.79. The summed E-state index contributed by atoms with van der Waals surface area (Å²) in [6.07, 6.45) is 3.49. The zero-order valence-corrected chi connectivity index (χ0v) is 12.8. The van der Waals surface area contributed by atoms with Gasteiger partial charge in [0.15, 0.2) is 0 Å². The van der Waals surface area contributed by atoms with Crippen LogP contribution in [0.5, 0.6) is 0 Å². The van der Waals surface area contributed by atoms with Crippen LogP contribution in [0.4, 0.5) is 0 Å². The summed E-state index contributed by atoms with van der Waals surface area (Å²) in [7, 11) is 0. The lowest BCUT2D eigenvalue weighted by atomic mass is 10.3. The normalized spacial score (nSPS) is 9.73. The second-order valence-corrected chi connectivity index (χ2v) is 4.55. The van der Waals surface area contributed by atoms with Gasteiger partial charge in [-0.25, -0.2) is 5.01 Å². The summed E-state index contributed by atoms with van der Waals surface area (Å²) in [6, 6.07) is 5.51. The summed E-state index contributed by atoms with van der Waals surface area (Å²) in [5, 5.41) is 9.36. The maximum atomic E-state index is 12.2. The van der Waals surface area contributed by atoms with Crippen LogP contribution in [0.2, 0.25) is 0 Å². The molecule has 2 heterocycles. The summed E-state index contributed by atoms with van der Waals surface area (Å²) < 4.78 is 3.76. The van der Waals surface area contributed by atoms with E-state index in [0.29, 0.717) is 22.8 Å². The highest BCUT2D eigenvalue weighted by Crippen LogP contribution is 2.12. The predicted octanol–water partition coefficient (Wildman–Crippen LogP) is 1.15. The Balaban J connectivity index is 0.000000745. The molecule has 0 radical (unpaired) electrons. The third kappa shape index (κ3) is 4.97. The van der Waals surface area contributed by atoms with Crippen LogP contribution >= 0.6 is 11.5 Å². The molecule has 0 spiro atoms. The topological polar surface area (TPSA) is 105 Å². The molecule has 0 atom stereocenters. The number of rotatable bonds is 4. The molecule has 0 aliphatic heterocycles. The number of carbonyl (C=O) groups excluding carboxylic acids is 3. The molecule has 0 bridgehead atoms. The second kappa shape index (κ2) is 9.22. The number of hydrogen-bond acceptors (Lipinski definition) is 8. The lowest BCUT2D eigenvalue weighted by molar-refractivity contribution is -0.191. The van der Waals surface area contributed by atoms with Crippen molar-refractivity contribution in [1.29, 1.82) is 0 Å². The smallest absolute Gasteiger partial charge is 0.266 e. The highest BCUT2D eigenvalue weighted by molar-refractivity contribution is 7.07. The van der Waals surface area contributed by atoms with Crippen LogP contribution < -0.4 is 0 Å². The Kier molecular flexibility index (Phi) is 7.24. The number of aryl methyl sites for hydroxylation is 1. The van der Waals surface area contributed by atoms with E-state index >= 15 is 0 Å². The number of aromatic nitrogens is 3. The van der Waals surface area contributed by atoms with Crippen LogP contribution in [0, 0.1) is 6.92 Å². The first-order chi connectivity index (χ1) is 10.6. The molecule has 2 rings (SSSR count). The van der Waals surface area contributed by atoms with E-state index in [1.165, 1.54) is 5.01 Å². The Hall–Kier alpha value is -2.77. The molecule has 22 heavy (non-hydrogen) atoms. The molecule has 0 unspecified atom stereocenters. The number of carbonyl (C=O) groups is 1. The number of hydrogen-bond donors (Lipinski definition) is 0. The monoisotopic (exact) mass is 319 g/mol. The van der Waals surface area contributed by atoms with Gasteiger partial charge in [-0.3, -0.25) is 9.78 Å². The zero-order chi connectivity index (χ0) is 16.4. The van der Waals surface area contributed by atoms with Gasteiger partial charge in [0.2, 0.25) is 0 Å². The lowest BCUT2D eigenvalue weighted by Gasteiger charge is -2.13. The van der Waals surface area contributed by atoms with Gasteiger partial charge in [-0.05, 0) is 37.5 Å². The maximum Gasteiger partial charge on any atom is 0.373 e. The minimum Gasteiger partial charge on any atom is -0.266 e. The van der Waals surface area contributed by atoms with Crippen LogP contribution in [0.25, 0.3) is 0 Å². The number of nitrogens with zero attached hydrogens (tertiary/aromatic N) is 5. The van der Waals surface area contributed by atoms with Gasteiger partial charge in [0.25, 0.3) is 5.91 Å². The molecule has 0 N–H and O–H groups in total. The molecule has 1 amide bonds. The van der Waals surface area contributed by atoms with Gasteiger partial charge in [0, 0.05) is 12.7 Å². The lowest BCUT2D eigenvalue weighted by Crippen LogP contribution is -2.25. The first-order valence-corrected chi connectivity index (χ1v) is 6.96. The Morgan fingerprint density at radius 2 is 2.18 bits per heavy atom. The number of pyridine rings is 1. The van der Waals surface area contributed by atoms with E-state index in [2.05, 4.69) is 19.7 Å². The van der Waals surface area contributed by atoms with E-state index in [4.69, 9.17) is 9.59 Å². The molecule has 9 heteroatoms. The molecule has 2 aromatic heterocycles. The highest BCUT2D eigenvalue weighted by Gasteiger charge is 2.18. The molecule has 2 aromatic rings. The van der Waals surface area contributed by atoms with E-state index in [9.17, 15) is 4.79 Å². The van der Waals surface area contributed by atoms with Crippen LogP contribution in [0.15, 0.2) is 29.5 Å². The van der Waals surface area contributed by atoms with Crippen molar-refractivity contribution < 1.29 is 14.4 Å². The van der Waals surface area contributed by atoms with Gasteiger partial charge < -0.3 is 0 Å². The molecule has 0 saturated carbocycles. The molecular weight excluding hydrogens is 306 g/mol. The minimum absolute atomic E-state index is 0.192. The van der Waals surface area contributed by atoms with Gasteiger partial charge in [-0.1, -0.05) is 10.6 Å². The Bertz CT molecular complexity index is 665. The van der Waals surface area contributed by atoms with Gasteiger partial charge >= 0.3 is 6.15 Å². The molecule has 0 aromatic carbocycles. The molecule has 0 aliphatic rings. The van der Waals surface area contributed by atoms with E-state index in [0.717, 1.165) is 11.5 Å². The van der Waals surface area contributed by atoms with Crippen molar-refractivity contribution >= 4 is 29.8 Å². The van der Waals surface area contributed by atoms with Gasteiger partial charge in [0.05, 0.1) is 17.6 Å². The van der Waals surface area contributed by atoms with Crippen molar-refractivity contribution in [3.63, 3.8) is 0 Å². The molecular formula is C13H13N5O3S. The Morgan fingerprint density at radius 3 is 2.68 bits per heavy atom. The Morgan fingerprint density at radius 1 is 1.45 bits per heavy atom. The number of amides is 1. The van der Waals surface area contributed by atoms with E-state index in [1.54, 1.807) is 19.3 Å². The van der Waals surface area contributed by atoms with Crippen molar-refractivity contribution in [1.82, 2.24) is 19.6 Å². The van der Waals surface area contributed by atoms with Crippen LogP contribution in [0.1, 0.15) is 28.0 Å². The van der Waals surface area contributed by atoms with E-state index in [-0.39, 0.29) is 12.1 Å². The zero-order valence-electron chi connectivity index (χ0n) is 12.0. The summed E-state index contributed by atoms with van der Waals surface area (Å²) in [6.45, 7) is 4.09. The van der Waals surface area contributed by atoms with Crippen molar-refractivity contribution in [3.05, 3.63) is 40.7 Å². The average molecular weight is 319 g/mol. The predicted molar refractivity (Wildman–Crippen MR) is 78.2 cm³/mol. The fourth-order valence-electron chi connectivity index (χ4n) is 1.40. The summed E-state index contributed by atoms with van der Waals surface area (Å²) in [4.78, 5) is 33.1. The van der Waals surface area contributed by atoms with Gasteiger partial charge in [-0.2, -0.15) is 14.7 Å². The average Bonchev–Trinajstić information content (AvgIpc) is 2.95. The fraction of sp³-hybridized carbons (Fsp3) is 0.231. The SMILES string of the molecule is CCN(/N=C/c1ccccn1)C(=O)c1snnc1C.O=C=O. The molecule has 0 aliphatic carbocycles. The van der Waals surface area contributed by atoms with Crippen LogP contribution in [-0.2, 0) is 9.59 Å². The Labute approximate surface area is 130 Å². The first-order valence-electron chi connectivity index (χ1n) is 6.19. The molecule has 114 valence electrons. The van der Waals surface area contributed by atoms with Gasteiger partial charge in [-0.15, -0.1) is 5.10 Å². The van der Waals surface area contributed by atoms with Crippen LogP contribution in [-0.4, -0.2) is 44.4 Å². The largest absolute Gasteiger partial charge is 0.373 e. The van der Waals surface area contributed by atoms with E-state index < -0.39 is 0 Å². The van der Waals surface area contributed by atoms with Crippen molar-refractivity contribution in [2.45, 2.75) is 13.8 Å². The highest BCUT2D eigenvalue weighted by atomic mass is 32.1. The number of hydrazone groups is 1. The third-order valence-corrected chi connectivity index (χ3v) is 3.21. The standard InChI is InChI=1S/C12H13N5OS.CO2/c1-3-17(12(18)11-9(2)15-16-19-11)14-8-10-6-4-5-7-13-10;2-1-3/h4-8H,3H2,1-2H3;/b14-8+;. The molecule has 0 fully saturated rings. The van der Waals surface area contributed by atoms with E-state index in [1.807, 2.05) is 25.1 Å². The van der Waals surface area contributed by atoms with Crippen LogP contribution in [0.3, 0.4) is 0 Å².